The van der Waals surface area contributed by atoms with Gasteiger partial charge < -0.3 is 10.4 Å². The lowest BCUT2D eigenvalue weighted by Crippen LogP contribution is -2.50. The molecule has 0 radical (unpaired) electrons. The summed E-state index contributed by atoms with van der Waals surface area (Å²) < 4.78 is 0. The Morgan fingerprint density at radius 1 is 1.14 bits per heavy atom. The highest BCUT2D eigenvalue weighted by atomic mass is 16.3. The Morgan fingerprint density at radius 3 is 2.62 bits per heavy atom. The van der Waals surface area contributed by atoms with E-state index >= 15 is 0 Å². The van der Waals surface area contributed by atoms with Crippen molar-refractivity contribution in [1.29, 1.82) is 0 Å². The van der Waals surface area contributed by atoms with Crippen LogP contribution in [0.25, 0.3) is 0 Å². The van der Waals surface area contributed by atoms with Crippen LogP contribution in [0.1, 0.15) is 98.8 Å². The summed E-state index contributed by atoms with van der Waals surface area (Å²) in [5.74, 6) is 4.43. The van der Waals surface area contributed by atoms with Crippen LogP contribution < -0.4 is 5.32 Å². The van der Waals surface area contributed by atoms with Gasteiger partial charge in [0.1, 0.15) is 0 Å². The summed E-state index contributed by atoms with van der Waals surface area (Å²) in [4.78, 5) is 0. The number of hydrogen-bond donors (Lipinski definition) is 2. The lowest BCUT2D eigenvalue weighted by molar-refractivity contribution is -0.0575. The Balaban J connectivity index is 1.50. The van der Waals surface area contributed by atoms with E-state index in [2.05, 4.69) is 53.1 Å². The third kappa shape index (κ3) is 3.65. The van der Waals surface area contributed by atoms with Crippen LogP contribution in [0.5, 0.6) is 0 Å². The average Bonchev–Trinajstić information content (AvgIpc) is 3.04. The van der Waals surface area contributed by atoms with Crippen LogP contribution in [0.2, 0.25) is 0 Å². The van der Waals surface area contributed by atoms with E-state index in [0.717, 1.165) is 42.4 Å². The number of aliphatic hydroxyl groups is 1. The van der Waals surface area contributed by atoms with Crippen LogP contribution in [0.15, 0.2) is 11.6 Å². The molecule has 0 heterocycles. The number of rotatable bonds is 5. The van der Waals surface area contributed by atoms with Crippen molar-refractivity contribution in [3.05, 3.63) is 11.6 Å². The molecule has 0 bridgehead atoms. The van der Waals surface area contributed by atoms with Crippen LogP contribution >= 0.6 is 0 Å². The largest absolute Gasteiger partial charge is 0.393 e. The summed E-state index contributed by atoms with van der Waals surface area (Å²) in [6.07, 6.45) is 15.4. The van der Waals surface area contributed by atoms with Crippen molar-refractivity contribution in [2.24, 2.45) is 40.4 Å². The van der Waals surface area contributed by atoms with E-state index in [1.54, 1.807) is 5.57 Å². The van der Waals surface area contributed by atoms with Crippen molar-refractivity contribution in [2.75, 3.05) is 7.05 Å². The second-order valence-corrected chi connectivity index (χ2v) is 12.5. The van der Waals surface area contributed by atoms with Gasteiger partial charge in [0.2, 0.25) is 0 Å². The van der Waals surface area contributed by atoms with Gasteiger partial charge in [0.25, 0.3) is 0 Å². The lowest BCUT2D eigenvalue weighted by atomic mass is 9.47. The zero-order chi connectivity index (χ0) is 21.0. The van der Waals surface area contributed by atoms with Gasteiger partial charge in [0.05, 0.1) is 6.10 Å². The summed E-state index contributed by atoms with van der Waals surface area (Å²) in [5.41, 5.74) is 2.80. The van der Waals surface area contributed by atoms with Crippen molar-refractivity contribution in [3.63, 3.8) is 0 Å². The van der Waals surface area contributed by atoms with Crippen molar-refractivity contribution < 1.29 is 5.11 Å². The molecule has 0 saturated heterocycles. The van der Waals surface area contributed by atoms with E-state index in [-0.39, 0.29) is 11.6 Å². The minimum absolute atomic E-state index is 0.0849. The molecule has 2 N–H and O–H groups in total. The summed E-state index contributed by atoms with van der Waals surface area (Å²) >= 11 is 0. The van der Waals surface area contributed by atoms with Gasteiger partial charge in [-0.25, -0.2) is 0 Å². The molecule has 8 unspecified atom stereocenters. The fraction of sp³-hybridized carbons (Fsp3) is 0.926. The zero-order valence-electron chi connectivity index (χ0n) is 20.1. The molecular weight excluding hydrogens is 354 g/mol. The number of aliphatic hydroxyl groups excluding tert-OH is 1. The van der Waals surface area contributed by atoms with E-state index in [0.29, 0.717) is 10.8 Å². The monoisotopic (exact) mass is 401 g/mol. The highest BCUT2D eigenvalue weighted by molar-refractivity contribution is 5.25. The number of hydrogen-bond acceptors (Lipinski definition) is 2. The van der Waals surface area contributed by atoms with Gasteiger partial charge >= 0.3 is 0 Å². The smallest absolute Gasteiger partial charge is 0.0577 e. The predicted molar refractivity (Wildman–Crippen MR) is 123 cm³/mol. The quantitative estimate of drug-likeness (QED) is 0.527. The predicted octanol–water partition coefficient (Wildman–Crippen LogP) is 6.34. The minimum atomic E-state index is -0.0849. The zero-order valence-corrected chi connectivity index (χ0v) is 20.1. The topological polar surface area (TPSA) is 32.3 Å². The molecule has 0 aromatic heterocycles. The summed E-state index contributed by atoms with van der Waals surface area (Å²) in [6, 6.07) is 0. The SMILES string of the molecule is CNC(C)(C)CCC(C)C1CCC2C3CC=C4CC(O)CCC4(C)C3CCC12C. The summed E-state index contributed by atoms with van der Waals surface area (Å²) in [6.45, 7) is 12.5. The molecule has 2 heteroatoms. The number of allylic oxidation sites excluding steroid dienone is 1. The Kier molecular flexibility index (Phi) is 5.78. The highest BCUT2D eigenvalue weighted by Gasteiger charge is 2.59. The lowest BCUT2D eigenvalue weighted by Gasteiger charge is -2.58. The molecule has 3 saturated carbocycles. The van der Waals surface area contributed by atoms with E-state index in [1.165, 1.54) is 51.4 Å². The maximum absolute atomic E-state index is 10.2. The van der Waals surface area contributed by atoms with Gasteiger partial charge in [-0.05, 0) is 126 Å². The molecule has 4 rings (SSSR count). The van der Waals surface area contributed by atoms with E-state index in [9.17, 15) is 5.11 Å². The molecule has 0 aromatic rings. The standard InChI is InChI=1S/C27H47NO/c1-18(11-14-25(2,3)28-6)22-9-10-23-21-8-7-19-17-20(29)12-15-26(19,4)24(21)13-16-27(22,23)5/h7,18,20-24,28-29H,8-17H2,1-6H3. The molecule has 0 aliphatic heterocycles. The maximum atomic E-state index is 10.2. The van der Waals surface area contributed by atoms with Crippen molar-refractivity contribution in [3.8, 4) is 0 Å². The average molecular weight is 402 g/mol. The fourth-order valence-corrected chi connectivity index (χ4v) is 8.53. The second-order valence-electron chi connectivity index (χ2n) is 12.5. The van der Waals surface area contributed by atoms with Gasteiger partial charge in [-0.2, -0.15) is 0 Å². The van der Waals surface area contributed by atoms with Crippen LogP contribution in [0, 0.1) is 40.4 Å². The van der Waals surface area contributed by atoms with Crippen LogP contribution in [0.4, 0.5) is 0 Å². The van der Waals surface area contributed by atoms with E-state index in [1.807, 2.05) is 0 Å². The molecule has 2 nitrogen and oxygen atoms in total. The summed E-state index contributed by atoms with van der Waals surface area (Å²) in [7, 11) is 2.11. The molecular formula is C27H47NO. The van der Waals surface area contributed by atoms with E-state index < -0.39 is 0 Å². The first-order valence-electron chi connectivity index (χ1n) is 12.7. The normalized spacial score (nSPS) is 45.8. The van der Waals surface area contributed by atoms with Gasteiger partial charge in [-0.1, -0.05) is 32.4 Å². The highest BCUT2D eigenvalue weighted by Crippen LogP contribution is 2.67. The molecule has 4 aliphatic rings. The van der Waals surface area contributed by atoms with Crippen LogP contribution in [0.3, 0.4) is 0 Å². The number of nitrogens with one attached hydrogen (secondary N) is 1. The van der Waals surface area contributed by atoms with Crippen molar-refractivity contribution in [2.45, 2.75) is 110 Å². The third-order valence-corrected chi connectivity index (χ3v) is 10.7. The Labute approximate surface area is 180 Å². The molecule has 4 aliphatic carbocycles. The second kappa shape index (κ2) is 7.66. The molecule has 3 fully saturated rings. The fourth-order valence-electron chi connectivity index (χ4n) is 8.53. The van der Waals surface area contributed by atoms with Gasteiger partial charge in [-0.15, -0.1) is 0 Å². The number of fused-ring (bicyclic) bond motifs is 5. The third-order valence-electron chi connectivity index (χ3n) is 10.7. The van der Waals surface area contributed by atoms with Crippen LogP contribution in [-0.4, -0.2) is 23.8 Å². The summed E-state index contributed by atoms with van der Waals surface area (Å²) in [5, 5.41) is 13.7. The Hall–Kier alpha value is -0.340. The van der Waals surface area contributed by atoms with Crippen LogP contribution in [-0.2, 0) is 0 Å². The minimum Gasteiger partial charge on any atom is -0.393 e. The van der Waals surface area contributed by atoms with E-state index in [4.69, 9.17) is 0 Å². The maximum Gasteiger partial charge on any atom is 0.0577 e. The van der Waals surface area contributed by atoms with Crippen molar-refractivity contribution >= 4 is 0 Å². The first-order chi connectivity index (χ1) is 13.6. The molecule has 8 atom stereocenters. The van der Waals surface area contributed by atoms with Gasteiger partial charge in [0.15, 0.2) is 0 Å². The molecule has 0 aromatic carbocycles. The molecule has 0 amide bonds. The first kappa shape index (κ1) is 21.9. The molecule has 29 heavy (non-hydrogen) atoms. The molecule has 166 valence electrons. The molecule has 0 spiro atoms. The van der Waals surface area contributed by atoms with Crippen molar-refractivity contribution in [1.82, 2.24) is 5.32 Å². The Morgan fingerprint density at radius 2 is 1.90 bits per heavy atom. The Bertz CT molecular complexity index is 638. The van der Waals surface area contributed by atoms with Gasteiger partial charge in [0, 0.05) is 5.54 Å². The first-order valence-corrected chi connectivity index (χ1v) is 12.7. The van der Waals surface area contributed by atoms with Gasteiger partial charge in [-0.3, -0.25) is 0 Å².